The van der Waals surface area contributed by atoms with Gasteiger partial charge >= 0.3 is 5.97 Å². The molecule has 0 radical (unpaired) electrons. The van der Waals surface area contributed by atoms with Gasteiger partial charge in [-0.15, -0.1) is 0 Å². The lowest BCUT2D eigenvalue weighted by Gasteiger charge is -2.32. The van der Waals surface area contributed by atoms with Crippen LogP contribution in [0.25, 0.3) is 0 Å². The number of hydrogen-bond donors (Lipinski definition) is 1. The van der Waals surface area contributed by atoms with Gasteiger partial charge in [-0.2, -0.15) is 0 Å². The Morgan fingerprint density at radius 3 is 2.65 bits per heavy atom. The van der Waals surface area contributed by atoms with Crippen molar-refractivity contribution in [2.45, 2.75) is 39.7 Å². The van der Waals surface area contributed by atoms with Gasteiger partial charge in [0.2, 0.25) is 0 Å². The maximum atomic E-state index is 12.0. The van der Waals surface area contributed by atoms with E-state index in [9.17, 15) is 4.79 Å². The van der Waals surface area contributed by atoms with Crippen molar-refractivity contribution in [3.8, 4) is 0 Å². The number of hydrogen-bond acceptors (Lipinski definition) is 3. The Bertz CT molecular complexity index is 503. The van der Waals surface area contributed by atoms with E-state index in [0.717, 1.165) is 37.1 Å². The predicted octanol–water partition coefficient (Wildman–Crippen LogP) is 3.41. The summed E-state index contributed by atoms with van der Waals surface area (Å²) in [6.45, 7) is 5.14. The number of allylic oxidation sites excluding steroid dienone is 1. The van der Waals surface area contributed by atoms with Crippen molar-refractivity contribution in [3.05, 3.63) is 47.2 Å². The molecule has 0 saturated heterocycles. The lowest BCUT2D eigenvalue weighted by atomic mass is 9.76. The van der Waals surface area contributed by atoms with Gasteiger partial charge in [0, 0.05) is 12.2 Å². The van der Waals surface area contributed by atoms with Gasteiger partial charge in [0.25, 0.3) is 0 Å². The van der Waals surface area contributed by atoms with Gasteiger partial charge in [0.05, 0.1) is 12.7 Å². The second kappa shape index (κ2) is 6.12. The highest BCUT2D eigenvalue weighted by atomic mass is 16.5. The van der Waals surface area contributed by atoms with Crippen molar-refractivity contribution >= 4 is 5.97 Å². The number of ether oxygens (including phenoxy) is 1. The minimum absolute atomic E-state index is 0.168. The summed E-state index contributed by atoms with van der Waals surface area (Å²) in [6, 6.07) is 10.2. The molecule has 1 aromatic carbocycles. The van der Waals surface area contributed by atoms with E-state index in [1.54, 1.807) is 0 Å². The fourth-order valence-corrected chi connectivity index (χ4v) is 2.61. The number of carbonyl (C=O) groups is 1. The molecule has 0 heterocycles. The molecular weight excluding hydrogens is 250 g/mol. The minimum Gasteiger partial charge on any atom is -0.466 e. The van der Waals surface area contributed by atoms with Crippen LogP contribution in [-0.2, 0) is 16.1 Å². The normalized spacial score (nSPS) is 17.8. The standard InChI is InChI=1S/C17H23NO2/c1-17(2)10-9-15(14(11-17)16(19)20-3)18-12-13-7-5-4-6-8-13/h4-8,18H,9-12H2,1-3H3. The van der Waals surface area contributed by atoms with Crippen LogP contribution < -0.4 is 5.32 Å². The van der Waals surface area contributed by atoms with Gasteiger partial charge in [0.15, 0.2) is 0 Å². The zero-order valence-corrected chi connectivity index (χ0v) is 12.5. The van der Waals surface area contributed by atoms with Crippen LogP contribution in [0.2, 0.25) is 0 Å². The molecule has 0 aromatic heterocycles. The van der Waals surface area contributed by atoms with E-state index in [1.165, 1.54) is 12.7 Å². The number of benzene rings is 1. The van der Waals surface area contributed by atoms with Crippen molar-refractivity contribution in [1.82, 2.24) is 5.32 Å². The molecule has 0 fully saturated rings. The smallest absolute Gasteiger partial charge is 0.335 e. The van der Waals surface area contributed by atoms with Gasteiger partial charge in [-0.25, -0.2) is 4.79 Å². The van der Waals surface area contributed by atoms with E-state index in [4.69, 9.17) is 4.74 Å². The van der Waals surface area contributed by atoms with E-state index in [2.05, 4.69) is 31.3 Å². The Labute approximate surface area is 121 Å². The number of nitrogens with one attached hydrogen (secondary N) is 1. The van der Waals surface area contributed by atoms with E-state index >= 15 is 0 Å². The van der Waals surface area contributed by atoms with Crippen molar-refractivity contribution in [3.63, 3.8) is 0 Å². The topological polar surface area (TPSA) is 38.3 Å². The number of esters is 1. The first-order valence-electron chi connectivity index (χ1n) is 7.10. The van der Waals surface area contributed by atoms with Gasteiger partial charge in [0.1, 0.15) is 0 Å². The Hall–Kier alpha value is -1.77. The second-order valence-electron chi connectivity index (χ2n) is 6.13. The molecule has 1 N–H and O–H groups in total. The lowest BCUT2D eigenvalue weighted by molar-refractivity contribution is -0.136. The van der Waals surface area contributed by atoms with E-state index < -0.39 is 0 Å². The third kappa shape index (κ3) is 3.62. The Kier molecular flexibility index (Phi) is 4.48. The number of methoxy groups -OCH3 is 1. The van der Waals surface area contributed by atoms with Gasteiger partial charge in [-0.05, 0) is 30.2 Å². The molecule has 0 aliphatic heterocycles. The van der Waals surface area contributed by atoms with Crippen LogP contribution in [0.15, 0.2) is 41.6 Å². The first kappa shape index (κ1) is 14.6. The van der Waals surface area contributed by atoms with Crippen molar-refractivity contribution in [2.24, 2.45) is 5.41 Å². The third-order valence-corrected chi connectivity index (χ3v) is 3.85. The Balaban J connectivity index is 2.13. The molecule has 108 valence electrons. The van der Waals surface area contributed by atoms with Gasteiger partial charge in [-0.1, -0.05) is 44.2 Å². The summed E-state index contributed by atoms with van der Waals surface area (Å²) in [5, 5.41) is 3.42. The SMILES string of the molecule is COC(=O)C1=C(NCc2ccccc2)CCC(C)(C)C1. The summed E-state index contributed by atoms with van der Waals surface area (Å²) in [5.74, 6) is -0.201. The minimum atomic E-state index is -0.201. The van der Waals surface area contributed by atoms with E-state index in [1.807, 2.05) is 18.2 Å². The first-order chi connectivity index (χ1) is 9.52. The fraction of sp³-hybridized carbons (Fsp3) is 0.471. The van der Waals surface area contributed by atoms with Crippen LogP contribution >= 0.6 is 0 Å². The third-order valence-electron chi connectivity index (χ3n) is 3.85. The number of rotatable bonds is 4. The van der Waals surface area contributed by atoms with Crippen LogP contribution in [0.1, 0.15) is 38.7 Å². The highest BCUT2D eigenvalue weighted by Gasteiger charge is 2.30. The van der Waals surface area contributed by atoms with Crippen LogP contribution in [0.5, 0.6) is 0 Å². The monoisotopic (exact) mass is 273 g/mol. The molecule has 3 nitrogen and oxygen atoms in total. The molecule has 3 heteroatoms. The molecule has 0 spiro atoms. The van der Waals surface area contributed by atoms with Crippen molar-refractivity contribution in [2.75, 3.05) is 7.11 Å². The van der Waals surface area contributed by atoms with Crippen LogP contribution in [0, 0.1) is 5.41 Å². The quantitative estimate of drug-likeness (QED) is 0.854. The summed E-state index contributed by atoms with van der Waals surface area (Å²) in [4.78, 5) is 12.0. The molecule has 1 aliphatic carbocycles. The highest BCUT2D eigenvalue weighted by molar-refractivity contribution is 5.89. The maximum absolute atomic E-state index is 12.0. The van der Waals surface area contributed by atoms with Gasteiger partial charge < -0.3 is 10.1 Å². The summed E-state index contributed by atoms with van der Waals surface area (Å²) in [5.41, 5.74) is 3.23. The van der Waals surface area contributed by atoms with E-state index in [-0.39, 0.29) is 11.4 Å². The molecule has 2 rings (SSSR count). The average Bonchev–Trinajstić information content (AvgIpc) is 2.45. The molecule has 20 heavy (non-hydrogen) atoms. The van der Waals surface area contributed by atoms with Crippen molar-refractivity contribution < 1.29 is 9.53 Å². The van der Waals surface area contributed by atoms with Gasteiger partial charge in [-0.3, -0.25) is 0 Å². The zero-order valence-electron chi connectivity index (χ0n) is 12.5. The number of carbonyl (C=O) groups excluding carboxylic acids is 1. The second-order valence-corrected chi connectivity index (χ2v) is 6.13. The van der Waals surface area contributed by atoms with Crippen molar-refractivity contribution in [1.29, 1.82) is 0 Å². The Morgan fingerprint density at radius 1 is 1.30 bits per heavy atom. The lowest BCUT2D eigenvalue weighted by Crippen LogP contribution is -2.28. The summed E-state index contributed by atoms with van der Waals surface area (Å²) in [6.07, 6.45) is 2.77. The summed E-state index contributed by atoms with van der Waals surface area (Å²) < 4.78 is 4.93. The molecule has 0 bridgehead atoms. The molecule has 0 amide bonds. The Morgan fingerprint density at radius 2 is 2.00 bits per heavy atom. The summed E-state index contributed by atoms with van der Waals surface area (Å²) >= 11 is 0. The summed E-state index contributed by atoms with van der Waals surface area (Å²) in [7, 11) is 1.45. The molecule has 1 aromatic rings. The highest BCUT2D eigenvalue weighted by Crippen LogP contribution is 2.38. The molecule has 0 unspecified atom stereocenters. The first-order valence-corrected chi connectivity index (χ1v) is 7.10. The maximum Gasteiger partial charge on any atom is 0.335 e. The predicted molar refractivity (Wildman–Crippen MR) is 80.0 cm³/mol. The van der Waals surface area contributed by atoms with Crippen LogP contribution in [0.4, 0.5) is 0 Å². The molecular formula is C17H23NO2. The van der Waals surface area contributed by atoms with Crippen LogP contribution in [0.3, 0.4) is 0 Å². The fourth-order valence-electron chi connectivity index (χ4n) is 2.61. The average molecular weight is 273 g/mol. The van der Waals surface area contributed by atoms with E-state index in [0.29, 0.717) is 0 Å². The molecule has 1 aliphatic rings. The largest absolute Gasteiger partial charge is 0.466 e. The zero-order chi connectivity index (χ0) is 14.6. The molecule has 0 saturated carbocycles. The molecule has 0 atom stereocenters. The van der Waals surface area contributed by atoms with Crippen LogP contribution in [-0.4, -0.2) is 13.1 Å².